The minimum Gasteiger partial charge on any atom is -0.356 e. The van der Waals surface area contributed by atoms with Crippen LogP contribution in [0.2, 0.25) is 0 Å². The molecule has 18 heavy (non-hydrogen) atoms. The molecule has 0 aromatic rings. The number of hydrogen-bond donors (Lipinski definition) is 1. The van der Waals surface area contributed by atoms with Crippen LogP contribution in [0.3, 0.4) is 0 Å². The summed E-state index contributed by atoms with van der Waals surface area (Å²) in [6, 6.07) is 0. The molecule has 106 valence electrons. The summed E-state index contributed by atoms with van der Waals surface area (Å²) in [5, 5.41) is 3.55. The molecule has 0 amide bonds. The van der Waals surface area contributed by atoms with Crippen molar-refractivity contribution in [1.29, 1.82) is 0 Å². The Labute approximate surface area is 133 Å². The van der Waals surface area contributed by atoms with Crippen LogP contribution in [0.1, 0.15) is 33.6 Å². The van der Waals surface area contributed by atoms with E-state index in [4.69, 9.17) is 0 Å². The normalized spacial score (nSPS) is 25.3. The van der Waals surface area contributed by atoms with E-state index in [0.29, 0.717) is 10.2 Å². The molecular formula is C13H26IN3S. The summed E-state index contributed by atoms with van der Waals surface area (Å²) >= 11 is 2.06. The van der Waals surface area contributed by atoms with Gasteiger partial charge in [0.15, 0.2) is 5.96 Å². The molecule has 3 nitrogen and oxygen atoms in total. The molecule has 0 aromatic carbocycles. The number of hydrogen-bond acceptors (Lipinski definition) is 2. The number of halogens is 1. The van der Waals surface area contributed by atoms with Crippen LogP contribution in [-0.2, 0) is 0 Å². The van der Waals surface area contributed by atoms with E-state index in [1.54, 1.807) is 0 Å². The van der Waals surface area contributed by atoms with Crippen molar-refractivity contribution >= 4 is 41.7 Å². The summed E-state index contributed by atoms with van der Waals surface area (Å²) in [7, 11) is 1.90. The van der Waals surface area contributed by atoms with E-state index in [9.17, 15) is 0 Å². The molecule has 2 rings (SSSR count). The Bertz CT molecular complexity index is 313. The Hall–Kier alpha value is 0.350. The summed E-state index contributed by atoms with van der Waals surface area (Å²) < 4.78 is 0.347. The Morgan fingerprint density at radius 1 is 1.33 bits per heavy atom. The van der Waals surface area contributed by atoms with Gasteiger partial charge < -0.3 is 10.2 Å². The fourth-order valence-electron chi connectivity index (χ4n) is 2.21. The van der Waals surface area contributed by atoms with Gasteiger partial charge in [0.2, 0.25) is 0 Å². The first-order valence-corrected chi connectivity index (χ1v) is 7.52. The third-order valence-electron chi connectivity index (χ3n) is 3.71. The van der Waals surface area contributed by atoms with Gasteiger partial charge >= 0.3 is 0 Å². The number of nitrogens with zero attached hydrogens (tertiary/aromatic N) is 2. The van der Waals surface area contributed by atoms with Gasteiger partial charge in [-0.05, 0) is 32.1 Å². The Balaban J connectivity index is 0.00000162. The van der Waals surface area contributed by atoms with Crippen LogP contribution < -0.4 is 5.32 Å². The van der Waals surface area contributed by atoms with Crippen LogP contribution >= 0.6 is 35.7 Å². The molecule has 2 fully saturated rings. The van der Waals surface area contributed by atoms with Crippen LogP contribution in [0.15, 0.2) is 4.99 Å². The van der Waals surface area contributed by atoms with Gasteiger partial charge in [0, 0.05) is 37.2 Å². The highest BCUT2D eigenvalue weighted by Gasteiger charge is 2.37. The van der Waals surface area contributed by atoms with E-state index >= 15 is 0 Å². The van der Waals surface area contributed by atoms with Crippen LogP contribution in [0.5, 0.6) is 0 Å². The quantitative estimate of drug-likeness (QED) is 0.452. The third kappa shape index (κ3) is 4.47. The van der Waals surface area contributed by atoms with Crippen molar-refractivity contribution in [2.45, 2.75) is 38.4 Å². The number of thioether (sulfide) groups is 1. The van der Waals surface area contributed by atoms with Crippen LogP contribution in [0, 0.1) is 5.41 Å². The monoisotopic (exact) mass is 383 g/mol. The number of nitrogens with one attached hydrogen (secondary N) is 1. The van der Waals surface area contributed by atoms with Crippen molar-refractivity contribution in [3.8, 4) is 0 Å². The molecule has 1 saturated carbocycles. The number of guanidine groups is 1. The van der Waals surface area contributed by atoms with Crippen molar-refractivity contribution in [2.75, 3.05) is 32.4 Å². The summed E-state index contributed by atoms with van der Waals surface area (Å²) in [5.74, 6) is 2.29. The van der Waals surface area contributed by atoms with E-state index in [0.717, 1.165) is 25.6 Å². The molecule has 2 aliphatic rings. The third-order valence-corrected chi connectivity index (χ3v) is 5.01. The van der Waals surface area contributed by atoms with Gasteiger partial charge in [0.1, 0.15) is 0 Å². The maximum Gasteiger partial charge on any atom is 0.193 e. The molecule has 1 N–H and O–H groups in total. The average Bonchev–Trinajstić information content (AvgIpc) is 2.96. The number of rotatable bonds is 2. The Morgan fingerprint density at radius 3 is 2.50 bits per heavy atom. The van der Waals surface area contributed by atoms with Crippen LogP contribution in [0.4, 0.5) is 0 Å². The summed E-state index contributed by atoms with van der Waals surface area (Å²) in [5.41, 5.74) is 0.538. The van der Waals surface area contributed by atoms with E-state index < -0.39 is 0 Å². The predicted molar refractivity (Wildman–Crippen MR) is 92.2 cm³/mol. The van der Waals surface area contributed by atoms with Gasteiger partial charge in [-0.1, -0.05) is 6.92 Å². The van der Waals surface area contributed by atoms with Crippen molar-refractivity contribution in [3.63, 3.8) is 0 Å². The van der Waals surface area contributed by atoms with Gasteiger partial charge in [-0.15, -0.1) is 24.0 Å². The maximum absolute atomic E-state index is 4.43. The second-order valence-electron chi connectivity index (χ2n) is 6.24. The second kappa shape index (κ2) is 6.20. The van der Waals surface area contributed by atoms with Gasteiger partial charge in [-0.2, -0.15) is 11.8 Å². The molecule has 1 aliphatic heterocycles. The van der Waals surface area contributed by atoms with E-state index in [-0.39, 0.29) is 24.0 Å². The molecule has 0 atom stereocenters. The zero-order chi connectivity index (χ0) is 12.5. The fourth-order valence-corrected chi connectivity index (χ4v) is 3.32. The molecular weight excluding hydrogens is 357 g/mol. The number of aliphatic imine (C=N–C) groups is 1. The van der Waals surface area contributed by atoms with Gasteiger partial charge in [0.05, 0.1) is 0 Å². The van der Waals surface area contributed by atoms with Gasteiger partial charge in [-0.25, -0.2) is 0 Å². The minimum absolute atomic E-state index is 0. The van der Waals surface area contributed by atoms with E-state index in [1.165, 1.54) is 18.6 Å². The van der Waals surface area contributed by atoms with Crippen LogP contribution in [-0.4, -0.2) is 48.0 Å². The van der Waals surface area contributed by atoms with Gasteiger partial charge in [-0.3, -0.25) is 4.99 Å². The summed E-state index contributed by atoms with van der Waals surface area (Å²) in [4.78, 5) is 6.84. The molecule has 0 radical (unpaired) electrons. The summed E-state index contributed by atoms with van der Waals surface area (Å²) in [6.45, 7) is 10.3. The van der Waals surface area contributed by atoms with Crippen molar-refractivity contribution in [2.24, 2.45) is 10.4 Å². The van der Waals surface area contributed by atoms with Crippen molar-refractivity contribution in [1.82, 2.24) is 10.2 Å². The maximum atomic E-state index is 4.43. The Kier molecular flexibility index (Phi) is 5.65. The SMILES string of the molecule is CN=C(NCC1(C)CC1)N1CCSC(C)(C)C1.I. The highest BCUT2D eigenvalue weighted by atomic mass is 127. The smallest absolute Gasteiger partial charge is 0.193 e. The molecule has 1 saturated heterocycles. The Morgan fingerprint density at radius 2 is 2.00 bits per heavy atom. The molecule has 0 bridgehead atoms. The fraction of sp³-hybridized carbons (Fsp3) is 0.923. The van der Waals surface area contributed by atoms with Gasteiger partial charge in [0.25, 0.3) is 0 Å². The van der Waals surface area contributed by atoms with E-state index in [2.05, 4.69) is 47.7 Å². The lowest BCUT2D eigenvalue weighted by Crippen LogP contribution is -2.51. The molecule has 5 heteroatoms. The average molecular weight is 383 g/mol. The molecule has 0 spiro atoms. The second-order valence-corrected chi connectivity index (χ2v) is 8.04. The topological polar surface area (TPSA) is 27.6 Å². The standard InChI is InChI=1S/C13H25N3S.HI/c1-12(2)10-16(7-8-17-12)11(14-4)15-9-13(3)5-6-13;/h5-10H2,1-4H3,(H,14,15);1H. The lowest BCUT2D eigenvalue weighted by molar-refractivity contribution is 0.371. The van der Waals surface area contributed by atoms with E-state index in [1.807, 2.05) is 7.05 Å². The molecule has 1 aliphatic carbocycles. The van der Waals surface area contributed by atoms with Crippen molar-refractivity contribution in [3.05, 3.63) is 0 Å². The largest absolute Gasteiger partial charge is 0.356 e. The zero-order valence-electron chi connectivity index (χ0n) is 12.0. The minimum atomic E-state index is 0. The van der Waals surface area contributed by atoms with Crippen LogP contribution in [0.25, 0.3) is 0 Å². The predicted octanol–water partition coefficient (Wildman–Crippen LogP) is 2.81. The lowest BCUT2D eigenvalue weighted by atomic mass is 10.1. The first-order chi connectivity index (χ1) is 7.94. The summed E-state index contributed by atoms with van der Waals surface area (Å²) in [6.07, 6.45) is 2.72. The molecule has 0 unspecified atom stereocenters. The highest BCUT2D eigenvalue weighted by molar-refractivity contribution is 14.0. The van der Waals surface area contributed by atoms with Crippen molar-refractivity contribution < 1.29 is 0 Å². The first-order valence-electron chi connectivity index (χ1n) is 6.54. The first kappa shape index (κ1) is 16.4. The lowest BCUT2D eigenvalue weighted by Gasteiger charge is -2.39. The molecule has 1 heterocycles. The highest BCUT2D eigenvalue weighted by Crippen LogP contribution is 2.44. The molecule has 0 aromatic heterocycles. The zero-order valence-corrected chi connectivity index (χ0v) is 15.1.